The Hall–Kier alpha value is -3.06. The van der Waals surface area contributed by atoms with Crippen LogP contribution in [0, 0.1) is 0 Å². The van der Waals surface area contributed by atoms with Crippen molar-refractivity contribution < 1.29 is 0 Å². The Morgan fingerprint density at radius 3 is 2.57 bits per heavy atom. The van der Waals surface area contributed by atoms with Crippen molar-refractivity contribution in [2.45, 2.75) is 32.1 Å². The Bertz CT molecular complexity index is 1280. The van der Waals surface area contributed by atoms with Gasteiger partial charge in [0.2, 0.25) is 0 Å². The topological polar surface area (TPSA) is 4.93 Å². The minimum absolute atomic E-state index is 0.503. The fourth-order valence-corrected chi connectivity index (χ4v) is 5.31. The van der Waals surface area contributed by atoms with Gasteiger partial charge < -0.3 is 4.57 Å². The molecule has 4 aromatic rings. The average Bonchev–Trinajstić information content (AvgIpc) is 3.11. The predicted octanol–water partition coefficient (Wildman–Crippen LogP) is 7.39. The molecule has 1 heteroatoms. The number of hydrogen-bond donors (Lipinski definition) is 0. The Balaban J connectivity index is 1.84. The molecular formula is C27H23N. The molecule has 0 spiro atoms. The summed E-state index contributed by atoms with van der Waals surface area (Å²) in [7, 11) is 0. The summed E-state index contributed by atoms with van der Waals surface area (Å²) in [5, 5.41) is 4.07. The van der Waals surface area contributed by atoms with Gasteiger partial charge in [0.05, 0.1) is 5.52 Å². The Morgan fingerprint density at radius 2 is 1.68 bits per heavy atom. The zero-order chi connectivity index (χ0) is 18.7. The van der Waals surface area contributed by atoms with Crippen molar-refractivity contribution >= 4 is 27.2 Å². The molecule has 0 saturated heterocycles. The SMILES string of the molecule is CC1CC2=C(CCC=C2)c2c1n(-c1ccccc1)c1c2ccc2ccccc21. The number of nitrogens with zero attached hydrogens (tertiary/aromatic N) is 1. The Labute approximate surface area is 165 Å². The molecule has 2 aliphatic rings. The number of hydrogen-bond acceptors (Lipinski definition) is 0. The van der Waals surface area contributed by atoms with E-state index in [0.717, 1.165) is 19.3 Å². The molecule has 0 N–H and O–H groups in total. The van der Waals surface area contributed by atoms with Gasteiger partial charge in [-0.25, -0.2) is 0 Å². The third-order valence-corrected chi connectivity index (χ3v) is 6.47. The zero-order valence-electron chi connectivity index (χ0n) is 16.2. The Kier molecular flexibility index (Phi) is 3.40. The summed E-state index contributed by atoms with van der Waals surface area (Å²) in [4.78, 5) is 0. The largest absolute Gasteiger partial charge is 0.312 e. The van der Waals surface area contributed by atoms with E-state index >= 15 is 0 Å². The molecule has 1 nitrogen and oxygen atoms in total. The highest BCUT2D eigenvalue weighted by Gasteiger charge is 2.31. The standard InChI is InChI=1S/C27H23N/c1-18-17-20-10-6-7-13-22(20)25-24-16-15-19-9-5-8-14-23(19)27(24)28(26(18)25)21-11-3-2-4-12-21/h2-6,8-12,14-16,18H,7,13,17H2,1H3. The third-order valence-electron chi connectivity index (χ3n) is 6.47. The van der Waals surface area contributed by atoms with E-state index in [1.165, 1.54) is 38.6 Å². The molecule has 1 atom stereocenters. The van der Waals surface area contributed by atoms with Crippen LogP contribution in [0.15, 0.2) is 84.5 Å². The lowest BCUT2D eigenvalue weighted by molar-refractivity contribution is 0.698. The maximum absolute atomic E-state index is 2.56. The zero-order valence-corrected chi connectivity index (χ0v) is 16.2. The van der Waals surface area contributed by atoms with Crippen LogP contribution in [0.2, 0.25) is 0 Å². The lowest BCUT2D eigenvalue weighted by Crippen LogP contribution is -2.13. The molecule has 28 heavy (non-hydrogen) atoms. The number of rotatable bonds is 1. The van der Waals surface area contributed by atoms with Crippen molar-refractivity contribution in [1.82, 2.24) is 4.57 Å². The molecule has 0 aliphatic heterocycles. The summed E-state index contributed by atoms with van der Waals surface area (Å²) in [6, 6.07) is 24.4. The first-order chi connectivity index (χ1) is 13.8. The molecular weight excluding hydrogens is 338 g/mol. The van der Waals surface area contributed by atoms with E-state index in [4.69, 9.17) is 0 Å². The summed E-state index contributed by atoms with van der Waals surface area (Å²) in [6.07, 6.45) is 8.18. The normalized spacial score (nSPS) is 18.5. The van der Waals surface area contributed by atoms with Gasteiger partial charge in [-0.2, -0.15) is 0 Å². The van der Waals surface area contributed by atoms with Crippen LogP contribution in [0.25, 0.3) is 32.9 Å². The number of aromatic nitrogens is 1. The van der Waals surface area contributed by atoms with Crippen LogP contribution in [0.1, 0.15) is 43.4 Å². The van der Waals surface area contributed by atoms with Crippen molar-refractivity contribution in [1.29, 1.82) is 0 Å². The minimum Gasteiger partial charge on any atom is -0.312 e. The van der Waals surface area contributed by atoms with Gasteiger partial charge in [0.15, 0.2) is 0 Å². The van der Waals surface area contributed by atoms with Crippen LogP contribution in [-0.2, 0) is 0 Å². The van der Waals surface area contributed by atoms with E-state index in [-0.39, 0.29) is 0 Å². The maximum Gasteiger partial charge on any atom is 0.0616 e. The summed E-state index contributed by atoms with van der Waals surface area (Å²) in [5.74, 6) is 0.503. The number of fused-ring (bicyclic) bond motifs is 6. The monoisotopic (exact) mass is 361 g/mol. The summed E-state index contributed by atoms with van der Waals surface area (Å²) < 4.78 is 2.56. The second-order valence-electron chi connectivity index (χ2n) is 8.16. The highest BCUT2D eigenvalue weighted by atomic mass is 15.0. The molecule has 1 aromatic heterocycles. The molecule has 3 aromatic carbocycles. The van der Waals surface area contributed by atoms with Crippen LogP contribution >= 0.6 is 0 Å². The molecule has 0 bridgehead atoms. The van der Waals surface area contributed by atoms with E-state index in [2.05, 4.69) is 90.4 Å². The van der Waals surface area contributed by atoms with Crippen LogP contribution in [0.5, 0.6) is 0 Å². The van der Waals surface area contributed by atoms with Crippen LogP contribution in [-0.4, -0.2) is 4.57 Å². The van der Waals surface area contributed by atoms with Gasteiger partial charge in [-0.15, -0.1) is 0 Å². The fraction of sp³-hybridized carbons (Fsp3) is 0.185. The van der Waals surface area contributed by atoms with E-state index < -0.39 is 0 Å². The first-order valence-corrected chi connectivity index (χ1v) is 10.3. The molecule has 136 valence electrons. The molecule has 6 rings (SSSR count). The van der Waals surface area contributed by atoms with Gasteiger partial charge in [0, 0.05) is 33.6 Å². The highest BCUT2D eigenvalue weighted by Crippen LogP contribution is 2.49. The molecule has 1 unspecified atom stereocenters. The lowest BCUT2D eigenvalue weighted by atomic mass is 9.78. The summed E-state index contributed by atoms with van der Waals surface area (Å²) in [6.45, 7) is 2.39. The summed E-state index contributed by atoms with van der Waals surface area (Å²) in [5.41, 5.74) is 8.75. The molecule has 0 amide bonds. The van der Waals surface area contributed by atoms with E-state index in [1.54, 1.807) is 11.1 Å². The molecule has 0 radical (unpaired) electrons. The lowest BCUT2D eigenvalue weighted by Gasteiger charge is -2.28. The van der Waals surface area contributed by atoms with Gasteiger partial charge in [0.1, 0.15) is 0 Å². The molecule has 0 saturated carbocycles. The van der Waals surface area contributed by atoms with Gasteiger partial charge in [-0.3, -0.25) is 0 Å². The van der Waals surface area contributed by atoms with Crippen LogP contribution in [0.3, 0.4) is 0 Å². The van der Waals surface area contributed by atoms with E-state index in [0.29, 0.717) is 5.92 Å². The first-order valence-electron chi connectivity index (χ1n) is 10.3. The number of benzene rings is 3. The second kappa shape index (κ2) is 5.97. The smallest absolute Gasteiger partial charge is 0.0616 e. The average molecular weight is 361 g/mol. The van der Waals surface area contributed by atoms with Gasteiger partial charge >= 0.3 is 0 Å². The van der Waals surface area contributed by atoms with Gasteiger partial charge in [-0.05, 0) is 47.9 Å². The van der Waals surface area contributed by atoms with Crippen LogP contribution < -0.4 is 0 Å². The third kappa shape index (κ3) is 2.13. The second-order valence-corrected chi connectivity index (χ2v) is 8.16. The van der Waals surface area contributed by atoms with Crippen molar-refractivity contribution in [2.75, 3.05) is 0 Å². The molecule has 2 aliphatic carbocycles. The minimum atomic E-state index is 0.503. The quantitative estimate of drug-likeness (QED) is 0.333. The van der Waals surface area contributed by atoms with Gasteiger partial charge in [-0.1, -0.05) is 73.7 Å². The van der Waals surface area contributed by atoms with Crippen molar-refractivity contribution in [3.05, 3.63) is 95.7 Å². The first kappa shape index (κ1) is 15.9. The van der Waals surface area contributed by atoms with E-state index in [1.807, 2.05) is 0 Å². The van der Waals surface area contributed by atoms with E-state index in [9.17, 15) is 0 Å². The number of allylic oxidation sites excluding steroid dienone is 4. The van der Waals surface area contributed by atoms with Crippen molar-refractivity contribution in [3.8, 4) is 5.69 Å². The highest BCUT2D eigenvalue weighted by molar-refractivity contribution is 6.11. The predicted molar refractivity (Wildman–Crippen MR) is 119 cm³/mol. The number of para-hydroxylation sites is 1. The van der Waals surface area contributed by atoms with Gasteiger partial charge in [0.25, 0.3) is 0 Å². The molecule has 0 fully saturated rings. The van der Waals surface area contributed by atoms with Crippen LogP contribution in [0.4, 0.5) is 0 Å². The van der Waals surface area contributed by atoms with Crippen molar-refractivity contribution in [2.24, 2.45) is 0 Å². The Morgan fingerprint density at radius 1 is 0.857 bits per heavy atom. The van der Waals surface area contributed by atoms with Crippen molar-refractivity contribution in [3.63, 3.8) is 0 Å². The maximum atomic E-state index is 2.56. The summed E-state index contributed by atoms with van der Waals surface area (Å²) >= 11 is 0. The fourth-order valence-electron chi connectivity index (χ4n) is 5.31. The molecule has 1 heterocycles.